The van der Waals surface area contributed by atoms with E-state index >= 15 is 0 Å². The number of carbonyl (C=O) groups excluding carboxylic acids is 2. The Bertz CT molecular complexity index is 612. The highest BCUT2D eigenvalue weighted by atomic mass is 19.4. The average Bonchev–Trinajstić information content (AvgIpc) is 2.72. The number of likely N-dealkylation sites (tertiary alicyclic amines) is 1. The number of hydrogen-bond donors (Lipinski definition) is 1. The molecule has 0 aromatic heterocycles. The molecular weight excluding hydrogens is 311 g/mol. The number of alkyl halides is 3. The van der Waals surface area contributed by atoms with Gasteiger partial charge in [0.2, 0.25) is 11.8 Å². The van der Waals surface area contributed by atoms with Gasteiger partial charge in [-0.05, 0) is 18.9 Å². The van der Waals surface area contributed by atoms with Crippen molar-refractivity contribution < 1.29 is 27.9 Å². The Morgan fingerprint density at radius 3 is 2.30 bits per heavy atom. The van der Waals surface area contributed by atoms with E-state index in [-0.39, 0.29) is 6.42 Å². The van der Waals surface area contributed by atoms with Gasteiger partial charge in [-0.15, -0.1) is 0 Å². The molecule has 0 spiro atoms. The van der Waals surface area contributed by atoms with Gasteiger partial charge in [0.1, 0.15) is 0 Å². The summed E-state index contributed by atoms with van der Waals surface area (Å²) in [5, 5.41) is 9.16. The first-order chi connectivity index (χ1) is 10.6. The first-order valence-corrected chi connectivity index (χ1v) is 7.28. The molecule has 7 heteroatoms. The van der Waals surface area contributed by atoms with E-state index in [4.69, 9.17) is 5.11 Å². The Hall–Kier alpha value is -1.89. The molecule has 1 aromatic carbocycles. The maximum atomic E-state index is 12.6. The zero-order valence-corrected chi connectivity index (χ0v) is 12.9. The van der Waals surface area contributed by atoms with E-state index in [1.165, 1.54) is 0 Å². The minimum absolute atomic E-state index is 0.185. The lowest BCUT2D eigenvalue weighted by molar-refractivity contribution is -0.207. The zero-order chi connectivity index (χ0) is 17.4. The van der Waals surface area contributed by atoms with Crippen LogP contribution in [-0.4, -0.2) is 40.6 Å². The molecule has 0 unspecified atom stereocenters. The molecule has 1 saturated heterocycles. The standard InChI is InChI=1S/C16H18F3NO3/c1-3-15(11-6-4-10(2)5-7-11)8-13(22)20(14(15)23)9-12(21)16(17,18)19/h4-7,12,21H,3,8-9H2,1-2H3/t12-,15+/m0/s1. The monoisotopic (exact) mass is 329 g/mol. The highest BCUT2D eigenvalue weighted by Crippen LogP contribution is 2.40. The number of rotatable bonds is 4. The highest BCUT2D eigenvalue weighted by Gasteiger charge is 2.53. The molecule has 0 radical (unpaired) electrons. The van der Waals surface area contributed by atoms with Gasteiger partial charge in [-0.2, -0.15) is 13.2 Å². The van der Waals surface area contributed by atoms with Crippen LogP contribution in [0.25, 0.3) is 0 Å². The van der Waals surface area contributed by atoms with Crippen LogP contribution in [0.1, 0.15) is 30.9 Å². The van der Waals surface area contributed by atoms with E-state index < -0.39 is 36.1 Å². The molecule has 1 aliphatic rings. The predicted molar refractivity (Wildman–Crippen MR) is 76.5 cm³/mol. The van der Waals surface area contributed by atoms with Crippen LogP contribution in [0.15, 0.2) is 24.3 Å². The van der Waals surface area contributed by atoms with Crippen molar-refractivity contribution in [2.24, 2.45) is 0 Å². The molecule has 1 N–H and O–H groups in total. The number of aliphatic hydroxyl groups is 1. The van der Waals surface area contributed by atoms with E-state index in [0.717, 1.165) is 5.56 Å². The van der Waals surface area contributed by atoms with E-state index in [1.54, 1.807) is 31.2 Å². The Morgan fingerprint density at radius 1 is 1.26 bits per heavy atom. The number of amides is 2. The summed E-state index contributed by atoms with van der Waals surface area (Å²) >= 11 is 0. The maximum Gasteiger partial charge on any atom is 0.416 e. The minimum atomic E-state index is -4.87. The van der Waals surface area contributed by atoms with Crippen molar-refractivity contribution in [3.63, 3.8) is 0 Å². The lowest BCUT2D eigenvalue weighted by Crippen LogP contribution is -2.45. The summed E-state index contributed by atoms with van der Waals surface area (Å²) in [4.78, 5) is 25.3. The van der Waals surface area contributed by atoms with Crippen LogP contribution in [0.5, 0.6) is 0 Å². The van der Waals surface area contributed by atoms with Crippen LogP contribution >= 0.6 is 0 Å². The van der Waals surface area contributed by atoms with Crippen molar-refractivity contribution in [1.82, 2.24) is 4.90 Å². The molecular formula is C16H18F3NO3. The van der Waals surface area contributed by atoms with E-state index in [0.29, 0.717) is 16.9 Å². The average molecular weight is 329 g/mol. The fourth-order valence-electron chi connectivity index (χ4n) is 2.84. The summed E-state index contributed by atoms with van der Waals surface area (Å²) in [7, 11) is 0. The summed E-state index contributed by atoms with van der Waals surface area (Å²) in [6.45, 7) is 2.53. The van der Waals surface area contributed by atoms with Crippen molar-refractivity contribution in [3.8, 4) is 0 Å². The number of aliphatic hydroxyl groups excluding tert-OH is 1. The van der Waals surface area contributed by atoms with E-state index in [9.17, 15) is 22.8 Å². The van der Waals surface area contributed by atoms with Gasteiger partial charge in [0.05, 0.1) is 12.0 Å². The largest absolute Gasteiger partial charge is 0.416 e. The minimum Gasteiger partial charge on any atom is -0.382 e. The molecule has 0 aliphatic carbocycles. The third-order valence-electron chi connectivity index (χ3n) is 4.35. The van der Waals surface area contributed by atoms with Gasteiger partial charge in [-0.25, -0.2) is 0 Å². The van der Waals surface area contributed by atoms with Crippen molar-refractivity contribution in [1.29, 1.82) is 0 Å². The maximum absolute atomic E-state index is 12.6. The lowest BCUT2D eigenvalue weighted by Gasteiger charge is -2.27. The molecule has 1 fully saturated rings. The van der Waals surface area contributed by atoms with Crippen molar-refractivity contribution >= 4 is 11.8 Å². The lowest BCUT2D eigenvalue weighted by atomic mass is 9.76. The number of β-amino-alcohol motifs (C(OH)–C–C–N with tert-alkyl or cyclic N) is 1. The molecule has 2 rings (SSSR count). The molecule has 1 heterocycles. The third kappa shape index (κ3) is 3.10. The molecule has 1 aromatic rings. The molecule has 4 nitrogen and oxygen atoms in total. The Balaban J connectivity index is 2.33. The van der Waals surface area contributed by atoms with Gasteiger partial charge in [-0.1, -0.05) is 36.8 Å². The first kappa shape index (κ1) is 17.5. The van der Waals surface area contributed by atoms with Gasteiger partial charge in [-0.3, -0.25) is 14.5 Å². The summed E-state index contributed by atoms with van der Waals surface area (Å²) < 4.78 is 37.5. The van der Waals surface area contributed by atoms with Gasteiger partial charge in [0.25, 0.3) is 0 Å². The summed E-state index contributed by atoms with van der Waals surface area (Å²) in [6.07, 6.45) is -7.50. The van der Waals surface area contributed by atoms with Crippen LogP contribution in [0.2, 0.25) is 0 Å². The van der Waals surface area contributed by atoms with Crippen LogP contribution in [0.4, 0.5) is 13.2 Å². The van der Waals surface area contributed by atoms with Crippen LogP contribution in [-0.2, 0) is 15.0 Å². The summed E-state index contributed by atoms with van der Waals surface area (Å²) in [5.41, 5.74) is 0.421. The normalized spacial score (nSPS) is 23.5. The third-order valence-corrected chi connectivity index (χ3v) is 4.35. The van der Waals surface area contributed by atoms with Crippen molar-refractivity contribution in [2.75, 3.05) is 6.54 Å². The number of imide groups is 1. The first-order valence-electron chi connectivity index (χ1n) is 7.28. The second-order valence-electron chi connectivity index (χ2n) is 5.85. The number of hydrogen-bond acceptors (Lipinski definition) is 3. The number of nitrogens with zero attached hydrogens (tertiary/aromatic N) is 1. The molecule has 1 aliphatic heterocycles. The van der Waals surface area contributed by atoms with Gasteiger partial charge in [0, 0.05) is 6.42 Å². The molecule has 2 atom stereocenters. The topological polar surface area (TPSA) is 57.6 Å². The number of benzene rings is 1. The number of aryl methyl sites for hydroxylation is 1. The predicted octanol–water partition coefficient (Wildman–Crippen LogP) is 2.32. The molecule has 2 amide bonds. The van der Waals surface area contributed by atoms with Crippen molar-refractivity contribution in [3.05, 3.63) is 35.4 Å². The SMILES string of the molecule is CC[C@]1(c2ccc(C)cc2)CC(=O)N(C[C@H](O)C(F)(F)F)C1=O. The van der Waals surface area contributed by atoms with Crippen LogP contribution < -0.4 is 0 Å². The zero-order valence-electron chi connectivity index (χ0n) is 12.9. The number of carbonyl (C=O) groups is 2. The molecule has 126 valence electrons. The highest BCUT2D eigenvalue weighted by molar-refractivity contribution is 6.09. The molecule has 0 saturated carbocycles. The van der Waals surface area contributed by atoms with Gasteiger partial charge in [0.15, 0.2) is 6.10 Å². The second-order valence-corrected chi connectivity index (χ2v) is 5.85. The Morgan fingerprint density at radius 2 is 1.83 bits per heavy atom. The van der Waals surface area contributed by atoms with Crippen LogP contribution in [0.3, 0.4) is 0 Å². The molecule has 0 bridgehead atoms. The fourth-order valence-corrected chi connectivity index (χ4v) is 2.84. The summed E-state index contributed by atoms with van der Waals surface area (Å²) in [6, 6.07) is 7.01. The second kappa shape index (κ2) is 5.96. The molecule has 23 heavy (non-hydrogen) atoms. The van der Waals surface area contributed by atoms with E-state index in [2.05, 4.69) is 0 Å². The number of halogens is 3. The van der Waals surface area contributed by atoms with E-state index in [1.807, 2.05) is 6.92 Å². The fraction of sp³-hybridized carbons (Fsp3) is 0.500. The Labute approximate surface area is 131 Å². The van der Waals surface area contributed by atoms with Gasteiger partial charge >= 0.3 is 6.18 Å². The quantitative estimate of drug-likeness (QED) is 0.863. The smallest absolute Gasteiger partial charge is 0.382 e. The Kier molecular flexibility index (Phi) is 4.52. The van der Waals surface area contributed by atoms with Gasteiger partial charge < -0.3 is 5.11 Å². The summed E-state index contributed by atoms with van der Waals surface area (Å²) in [5.74, 6) is -1.38. The van der Waals surface area contributed by atoms with Crippen molar-refractivity contribution in [2.45, 2.75) is 44.4 Å². The van der Waals surface area contributed by atoms with Crippen LogP contribution in [0, 0.1) is 6.92 Å².